The Morgan fingerprint density at radius 3 is 2.77 bits per heavy atom. The lowest BCUT2D eigenvalue weighted by Gasteiger charge is -2.33. The topological polar surface area (TPSA) is 74.2 Å². The predicted octanol–water partition coefficient (Wildman–Crippen LogP) is 1.47. The molecule has 0 bridgehead atoms. The molecule has 2 heterocycles. The highest BCUT2D eigenvalue weighted by Crippen LogP contribution is 2.36. The molecule has 4 atom stereocenters. The molecule has 2 aliphatic rings. The summed E-state index contributed by atoms with van der Waals surface area (Å²) in [5, 5.41) is 10.1. The second kappa shape index (κ2) is 5.96. The lowest BCUT2D eigenvalue weighted by Crippen LogP contribution is -2.48. The summed E-state index contributed by atoms with van der Waals surface area (Å²) >= 11 is 0. The third kappa shape index (κ3) is 3.30. The van der Waals surface area contributed by atoms with Gasteiger partial charge in [0.2, 0.25) is 0 Å². The van der Waals surface area contributed by atoms with Gasteiger partial charge in [0, 0.05) is 6.42 Å². The number of esters is 1. The summed E-state index contributed by atoms with van der Waals surface area (Å²) < 4.78 is 22.2. The van der Waals surface area contributed by atoms with Crippen molar-refractivity contribution in [3.8, 4) is 0 Å². The fourth-order valence-electron chi connectivity index (χ4n) is 2.71. The lowest BCUT2D eigenvalue weighted by molar-refractivity contribution is -0.224. The van der Waals surface area contributed by atoms with Crippen molar-refractivity contribution in [3.63, 3.8) is 0 Å². The molecule has 22 heavy (non-hydrogen) atoms. The van der Waals surface area contributed by atoms with Crippen molar-refractivity contribution in [2.24, 2.45) is 0 Å². The third-order valence-corrected chi connectivity index (χ3v) is 3.71. The molecule has 0 radical (unpaired) electrons. The Morgan fingerprint density at radius 2 is 2.05 bits per heavy atom. The Labute approximate surface area is 128 Å². The Bertz CT molecular complexity index is 529. The van der Waals surface area contributed by atoms with Crippen molar-refractivity contribution >= 4 is 5.97 Å². The van der Waals surface area contributed by atoms with E-state index in [1.165, 1.54) is 0 Å². The van der Waals surface area contributed by atoms with Gasteiger partial charge in [-0.25, -0.2) is 4.79 Å². The van der Waals surface area contributed by atoms with Gasteiger partial charge in [-0.1, -0.05) is 18.2 Å². The van der Waals surface area contributed by atoms with Crippen molar-refractivity contribution in [2.45, 2.75) is 50.7 Å². The fourth-order valence-corrected chi connectivity index (χ4v) is 2.71. The number of rotatable bonds is 3. The maximum absolute atomic E-state index is 11.9. The molecule has 1 aromatic rings. The van der Waals surface area contributed by atoms with E-state index >= 15 is 0 Å². The first kappa shape index (κ1) is 15.4. The van der Waals surface area contributed by atoms with Gasteiger partial charge in [-0.05, 0) is 26.0 Å². The quantitative estimate of drug-likeness (QED) is 0.852. The van der Waals surface area contributed by atoms with Gasteiger partial charge in [0.15, 0.2) is 12.1 Å². The number of fused-ring (bicyclic) bond motifs is 1. The van der Waals surface area contributed by atoms with Crippen LogP contribution in [-0.2, 0) is 18.9 Å². The molecule has 6 nitrogen and oxygen atoms in total. The molecule has 6 heteroatoms. The first-order valence-electron chi connectivity index (χ1n) is 7.36. The number of carbonyl (C=O) groups excluding carboxylic acids is 1. The highest BCUT2D eigenvalue weighted by Gasteiger charge is 2.50. The number of carbonyl (C=O) groups is 1. The van der Waals surface area contributed by atoms with Crippen LogP contribution in [0.3, 0.4) is 0 Å². The zero-order valence-corrected chi connectivity index (χ0v) is 12.6. The van der Waals surface area contributed by atoms with Crippen LogP contribution in [0.15, 0.2) is 30.3 Å². The van der Waals surface area contributed by atoms with Gasteiger partial charge in [0.05, 0.1) is 17.8 Å². The van der Waals surface area contributed by atoms with E-state index in [1.807, 2.05) is 6.07 Å². The van der Waals surface area contributed by atoms with Crippen LogP contribution in [0.5, 0.6) is 0 Å². The minimum Gasteiger partial charge on any atom is -0.459 e. The summed E-state index contributed by atoms with van der Waals surface area (Å²) in [4.78, 5) is 11.9. The van der Waals surface area contributed by atoms with Gasteiger partial charge in [0.25, 0.3) is 0 Å². The molecule has 120 valence electrons. The molecule has 2 unspecified atom stereocenters. The van der Waals surface area contributed by atoms with Gasteiger partial charge >= 0.3 is 5.97 Å². The Balaban J connectivity index is 1.55. The normalized spacial score (nSPS) is 33.2. The van der Waals surface area contributed by atoms with Gasteiger partial charge in [-0.2, -0.15) is 0 Å². The third-order valence-electron chi connectivity index (χ3n) is 3.71. The Kier molecular flexibility index (Phi) is 4.18. The second-order valence-corrected chi connectivity index (χ2v) is 5.99. The maximum atomic E-state index is 11.9. The zero-order chi connectivity index (χ0) is 15.7. The van der Waals surface area contributed by atoms with Crippen LogP contribution in [0.2, 0.25) is 0 Å². The molecule has 1 N–H and O–H groups in total. The first-order valence-corrected chi connectivity index (χ1v) is 7.36. The van der Waals surface area contributed by atoms with Crippen molar-refractivity contribution in [1.82, 2.24) is 0 Å². The largest absolute Gasteiger partial charge is 0.459 e. The standard InChI is InChI=1S/C16H20O6/c1-16(2)21-13-12(17)8-11(20-15(13)22-16)9-19-14(18)10-6-4-3-5-7-10/h3-7,11-13,15,17H,8-9H2,1-2H3/t11-,12?,13?,15+/m0/s1. The number of hydrogen-bond acceptors (Lipinski definition) is 6. The molecule has 1 aromatic carbocycles. The van der Waals surface area contributed by atoms with Gasteiger partial charge in [-0.15, -0.1) is 0 Å². The van der Waals surface area contributed by atoms with E-state index in [-0.39, 0.29) is 6.61 Å². The second-order valence-electron chi connectivity index (χ2n) is 5.99. The van der Waals surface area contributed by atoms with E-state index in [0.29, 0.717) is 12.0 Å². The maximum Gasteiger partial charge on any atom is 0.338 e. The Hall–Kier alpha value is -1.47. The van der Waals surface area contributed by atoms with Crippen LogP contribution in [-0.4, -0.2) is 48.1 Å². The van der Waals surface area contributed by atoms with Crippen LogP contribution in [0.4, 0.5) is 0 Å². The molecule has 2 saturated heterocycles. The smallest absolute Gasteiger partial charge is 0.338 e. The summed E-state index contributed by atoms with van der Waals surface area (Å²) in [6, 6.07) is 8.75. The lowest BCUT2D eigenvalue weighted by atomic mass is 10.0. The van der Waals surface area contributed by atoms with Crippen molar-refractivity contribution in [3.05, 3.63) is 35.9 Å². The van der Waals surface area contributed by atoms with E-state index in [9.17, 15) is 9.90 Å². The molecule has 0 amide bonds. The molecule has 0 saturated carbocycles. The van der Waals surface area contributed by atoms with E-state index in [4.69, 9.17) is 18.9 Å². The first-order chi connectivity index (χ1) is 10.4. The number of hydrogen-bond donors (Lipinski definition) is 1. The highest BCUT2D eigenvalue weighted by molar-refractivity contribution is 5.89. The van der Waals surface area contributed by atoms with Crippen LogP contribution in [0, 0.1) is 0 Å². The molecular weight excluding hydrogens is 288 g/mol. The molecule has 2 aliphatic heterocycles. The SMILES string of the molecule is CC1(C)OC2C(O)C[C@@H](COC(=O)c3ccccc3)O[C@@H]2O1. The summed E-state index contributed by atoms with van der Waals surface area (Å²) in [6.07, 6.45) is -1.93. The zero-order valence-electron chi connectivity index (χ0n) is 12.6. The van der Waals surface area contributed by atoms with E-state index in [0.717, 1.165) is 0 Å². The van der Waals surface area contributed by atoms with Crippen molar-refractivity contribution in [1.29, 1.82) is 0 Å². The molecular formula is C16H20O6. The van der Waals surface area contributed by atoms with Crippen LogP contribution >= 0.6 is 0 Å². The fraction of sp³-hybridized carbons (Fsp3) is 0.562. The number of benzene rings is 1. The number of ether oxygens (including phenoxy) is 4. The van der Waals surface area contributed by atoms with Crippen LogP contribution in [0.25, 0.3) is 0 Å². The number of aliphatic hydroxyl groups excluding tert-OH is 1. The molecule has 2 fully saturated rings. The average molecular weight is 308 g/mol. The highest BCUT2D eigenvalue weighted by atomic mass is 16.8. The number of aliphatic hydroxyl groups is 1. The summed E-state index contributed by atoms with van der Waals surface area (Å²) in [6.45, 7) is 3.61. The van der Waals surface area contributed by atoms with Crippen molar-refractivity contribution < 1.29 is 28.8 Å². The van der Waals surface area contributed by atoms with Crippen LogP contribution < -0.4 is 0 Å². The monoisotopic (exact) mass is 308 g/mol. The molecule has 0 aromatic heterocycles. The van der Waals surface area contributed by atoms with E-state index in [2.05, 4.69) is 0 Å². The van der Waals surface area contributed by atoms with Gasteiger partial charge in [-0.3, -0.25) is 0 Å². The van der Waals surface area contributed by atoms with Gasteiger partial charge < -0.3 is 24.1 Å². The van der Waals surface area contributed by atoms with E-state index < -0.39 is 36.4 Å². The summed E-state index contributed by atoms with van der Waals surface area (Å²) in [7, 11) is 0. The predicted molar refractivity (Wildman–Crippen MR) is 76.0 cm³/mol. The Morgan fingerprint density at radius 1 is 1.32 bits per heavy atom. The average Bonchev–Trinajstić information content (AvgIpc) is 2.80. The minimum absolute atomic E-state index is 0.0673. The van der Waals surface area contributed by atoms with Crippen molar-refractivity contribution in [2.75, 3.05) is 6.61 Å². The summed E-state index contributed by atoms with van der Waals surface area (Å²) in [5.74, 6) is -1.20. The molecule has 3 rings (SSSR count). The molecule has 0 aliphatic carbocycles. The minimum atomic E-state index is -0.786. The summed E-state index contributed by atoms with van der Waals surface area (Å²) in [5.41, 5.74) is 0.485. The molecule has 0 spiro atoms. The van der Waals surface area contributed by atoms with E-state index in [1.54, 1.807) is 38.1 Å². The van der Waals surface area contributed by atoms with Gasteiger partial charge in [0.1, 0.15) is 12.7 Å². The van der Waals surface area contributed by atoms with Crippen LogP contribution in [0.1, 0.15) is 30.6 Å².